The van der Waals surface area contributed by atoms with Crippen LogP contribution < -0.4 is 20.1 Å². The Kier molecular flexibility index (Phi) is 5.89. The fourth-order valence-corrected chi connectivity index (χ4v) is 2.65. The van der Waals surface area contributed by atoms with Crippen molar-refractivity contribution in [3.8, 4) is 11.5 Å². The van der Waals surface area contributed by atoms with Crippen molar-refractivity contribution in [3.63, 3.8) is 0 Å². The van der Waals surface area contributed by atoms with Crippen molar-refractivity contribution in [1.82, 2.24) is 10.3 Å². The molecular weight excluding hydrogens is 342 g/mol. The van der Waals surface area contributed by atoms with Gasteiger partial charge in [0.2, 0.25) is 0 Å². The smallest absolute Gasteiger partial charge is 0.270 e. The Hall–Kier alpha value is -3.54. The number of methoxy groups -OCH3 is 2. The Balaban J connectivity index is 1.70. The highest BCUT2D eigenvalue weighted by Gasteiger charge is 2.10. The van der Waals surface area contributed by atoms with Crippen LogP contribution in [-0.2, 0) is 6.54 Å². The van der Waals surface area contributed by atoms with Crippen molar-refractivity contribution in [2.75, 3.05) is 19.5 Å². The van der Waals surface area contributed by atoms with Crippen molar-refractivity contribution in [2.24, 2.45) is 0 Å². The fourth-order valence-electron chi connectivity index (χ4n) is 2.65. The molecule has 2 N–H and O–H groups in total. The third kappa shape index (κ3) is 4.55. The van der Waals surface area contributed by atoms with Crippen LogP contribution in [0.1, 0.15) is 16.1 Å². The number of rotatable bonds is 7. The number of anilines is 2. The molecule has 0 fully saturated rings. The van der Waals surface area contributed by atoms with Gasteiger partial charge in [-0.3, -0.25) is 9.78 Å². The van der Waals surface area contributed by atoms with E-state index in [0.29, 0.717) is 12.2 Å². The highest BCUT2D eigenvalue weighted by Crippen LogP contribution is 2.27. The zero-order valence-corrected chi connectivity index (χ0v) is 15.2. The summed E-state index contributed by atoms with van der Waals surface area (Å²) in [4.78, 5) is 16.6. The summed E-state index contributed by atoms with van der Waals surface area (Å²) >= 11 is 0. The first-order valence-corrected chi connectivity index (χ1v) is 8.47. The van der Waals surface area contributed by atoms with E-state index in [1.54, 1.807) is 32.5 Å². The standard InChI is InChI=1S/C21H21N3O3/c1-26-19-9-5-3-7-15(19)14-23-21(25)18-13-16(11-12-22-18)24-17-8-4-6-10-20(17)27-2/h3-13H,14H2,1-2H3,(H,22,24)(H,23,25). The number of para-hydroxylation sites is 3. The maximum atomic E-state index is 12.5. The van der Waals surface area contributed by atoms with Gasteiger partial charge < -0.3 is 20.1 Å². The normalized spacial score (nSPS) is 10.1. The Labute approximate surface area is 158 Å². The molecule has 0 aliphatic carbocycles. The number of hydrogen-bond acceptors (Lipinski definition) is 5. The van der Waals surface area contributed by atoms with E-state index >= 15 is 0 Å². The first kappa shape index (κ1) is 18.3. The van der Waals surface area contributed by atoms with Gasteiger partial charge >= 0.3 is 0 Å². The second-order valence-electron chi connectivity index (χ2n) is 5.75. The molecule has 3 rings (SSSR count). The van der Waals surface area contributed by atoms with Crippen molar-refractivity contribution in [3.05, 3.63) is 78.1 Å². The fraction of sp³-hybridized carbons (Fsp3) is 0.143. The van der Waals surface area contributed by atoms with Gasteiger partial charge in [-0.05, 0) is 30.3 Å². The lowest BCUT2D eigenvalue weighted by atomic mass is 10.2. The van der Waals surface area contributed by atoms with Gasteiger partial charge in [0.15, 0.2) is 0 Å². The van der Waals surface area contributed by atoms with Gasteiger partial charge in [0.25, 0.3) is 5.91 Å². The molecule has 1 amide bonds. The maximum absolute atomic E-state index is 12.5. The van der Waals surface area contributed by atoms with Crippen LogP contribution >= 0.6 is 0 Å². The molecule has 0 bridgehead atoms. The molecule has 6 nitrogen and oxygen atoms in total. The van der Waals surface area contributed by atoms with Crippen LogP contribution in [0.2, 0.25) is 0 Å². The largest absolute Gasteiger partial charge is 0.496 e. The first-order chi connectivity index (χ1) is 13.2. The monoisotopic (exact) mass is 363 g/mol. The van der Waals surface area contributed by atoms with Crippen LogP contribution in [0, 0.1) is 0 Å². The molecule has 0 aliphatic rings. The summed E-state index contributed by atoms with van der Waals surface area (Å²) in [6.45, 7) is 0.356. The van der Waals surface area contributed by atoms with E-state index in [1.165, 1.54) is 0 Å². The number of carbonyl (C=O) groups excluding carboxylic acids is 1. The van der Waals surface area contributed by atoms with Gasteiger partial charge in [-0.25, -0.2) is 0 Å². The van der Waals surface area contributed by atoms with Gasteiger partial charge in [0.05, 0.1) is 19.9 Å². The Bertz CT molecular complexity index is 928. The lowest BCUT2D eigenvalue weighted by Crippen LogP contribution is -2.24. The number of benzene rings is 2. The van der Waals surface area contributed by atoms with E-state index in [1.807, 2.05) is 48.5 Å². The van der Waals surface area contributed by atoms with Crippen LogP contribution in [-0.4, -0.2) is 25.1 Å². The minimum atomic E-state index is -0.260. The number of nitrogens with zero attached hydrogens (tertiary/aromatic N) is 1. The zero-order valence-electron chi connectivity index (χ0n) is 15.2. The highest BCUT2D eigenvalue weighted by molar-refractivity contribution is 5.93. The molecule has 6 heteroatoms. The summed E-state index contributed by atoms with van der Waals surface area (Å²) in [7, 11) is 3.22. The zero-order chi connectivity index (χ0) is 19.1. The average molecular weight is 363 g/mol. The minimum Gasteiger partial charge on any atom is -0.496 e. The molecule has 1 heterocycles. The molecule has 0 spiro atoms. The summed E-state index contributed by atoms with van der Waals surface area (Å²) < 4.78 is 10.6. The number of nitrogens with one attached hydrogen (secondary N) is 2. The predicted octanol–water partition coefficient (Wildman–Crippen LogP) is 3.77. The molecule has 27 heavy (non-hydrogen) atoms. The third-order valence-electron chi connectivity index (χ3n) is 4.01. The summed E-state index contributed by atoms with van der Waals surface area (Å²) in [5.41, 5.74) is 2.78. The summed E-state index contributed by atoms with van der Waals surface area (Å²) in [5.74, 6) is 1.19. The van der Waals surface area contributed by atoms with E-state index in [4.69, 9.17) is 9.47 Å². The lowest BCUT2D eigenvalue weighted by Gasteiger charge is -2.12. The molecule has 0 saturated heterocycles. The van der Waals surface area contributed by atoms with Crippen molar-refractivity contribution in [1.29, 1.82) is 0 Å². The summed E-state index contributed by atoms with van der Waals surface area (Å²) in [6, 6.07) is 18.6. The molecule has 0 radical (unpaired) electrons. The first-order valence-electron chi connectivity index (χ1n) is 8.47. The second kappa shape index (κ2) is 8.71. The van der Waals surface area contributed by atoms with Crippen molar-refractivity contribution in [2.45, 2.75) is 6.54 Å². The SMILES string of the molecule is COc1ccccc1CNC(=O)c1cc(Nc2ccccc2OC)ccn1. The molecule has 2 aromatic carbocycles. The van der Waals surface area contributed by atoms with Gasteiger partial charge in [0.1, 0.15) is 17.2 Å². The van der Waals surface area contributed by atoms with Crippen LogP contribution in [0.4, 0.5) is 11.4 Å². The predicted molar refractivity (Wildman–Crippen MR) is 105 cm³/mol. The molecule has 1 aromatic heterocycles. The molecule has 0 saturated carbocycles. The van der Waals surface area contributed by atoms with Crippen molar-refractivity contribution < 1.29 is 14.3 Å². The third-order valence-corrected chi connectivity index (χ3v) is 4.01. The van der Waals surface area contributed by atoms with Crippen LogP contribution in [0.3, 0.4) is 0 Å². The topological polar surface area (TPSA) is 72.5 Å². The van der Waals surface area contributed by atoms with Crippen LogP contribution in [0.25, 0.3) is 0 Å². The average Bonchev–Trinajstić information content (AvgIpc) is 2.72. The van der Waals surface area contributed by atoms with E-state index in [0.717, 1.165) is 28.4 Å². The molecule has 138 valence electrons. The number of amides is 1. The van der Waals surface area contributed by atoms with Crippen molar-refractivity contribution >= 4 is 17.3 Å². The van der Waals surface area contributed by atoms with E-state index < -0.39 is 0 Å². The molecule has 3 aromatic rings. The number of ether oxygens (including phenoxy) is 2. The van der Waals surface area contributed by atoms with Crippen LogP contribution in [0.15, 0.2) is 66.9 Å². The second-order valence-corrected chi connectivity index (χ2v) is 5.75. The Morgan fingerprint density at radius 2 is 1.67 bits per heavy atom. The Morgan fingerprint density at radius 1 is 0.963 bits per heavy atom. The van der Waals surface area contributed by atoms with E-state index in [-0.39, 0.29) is 5.91 Å². The summed E-state index contributed by atoms with van der Waals surface area (Å²) in [6.07, 6.45) is 1.59. The van der Waals surface area contributed by atoms with Gasteiger partial charge in [-0.15, -0.1) is 0 Å². The Morgan fingerprint density at radius 3 is 2.44 bits per heavy atom. The molecular formula is C21H21N3O3. The van der Waals surface area contributed by atoms with Crippen LogP contribution in [0.5, 0.6) is 11.5 Å². The minimum absolute atomic E-state index is 0.260. The number of carbonyl (C=O) groups is 1. The number of hydrogen-bond donors (Lipinski definition) is 2. The highest BCUT2D eigenvalue weighted by atomic mass is 16.5. The van der Waals surface area contributed by atoms with E-state index in [9.17, 15) is 4.79 Å². The molecule has 0 atom stereocenters. The molecule has 0 aliphatic heterocycles. The quantitative estimate of drug-likeness (QED) is 0.668. The molecule has 0 unspecified atom stereocenters. The maximum Gasteiger partial charge on any atom is 0.270 e. The number of pyridine rings is 1. The van der Waals surface area contributed by atoms with E-state index in [2.05, 4.69) is 15.6 Å². The lowest BCUT2D eigenvalue weighted by molar-refractivity contribution is 0.0945. The summed E-state index contributed by atoms with van der Waals surface area (Å²) in [5, 5.41) is 6.12. The number of aromatic nitrogens is 1. The van der Waals surface area contributed by atoms with Gasteiger partial charge in [-0.1, -0.05) is 30.3 Å². The van der Waals surface area contributed by atoms with Gasteiger partial charge in [-0.2, -0.15) is 0 Å². The van der Waals surface area contributed by atoms with Gasteiger partial charge in [0, 0.05) is 24.0 Å².